The largest absolute Gasteiger partial charge is 0.338 e. The molecule has 2 aromatic heterocycles. The summed E-state index contributed by atoms with van der Waals surface area (Å²) in [6.45, 7) is 1.12. The Bertz CT molecular complexity index is 1430. The molecule has 3 aromatic carbocycles. The van der Waals surface area contributed by atoms with Crippen LogP contribution in [0.3, 0.4) is 0 Å². The zero-order valence-electron chi connectivity index (χ0n) is 20.0. The first-order chi connectivity index (χ1) is 17.7. The second-order valence-corrected chi connectivity index (χ2v) is 8.96. The summed E-state index contributed by atoms with van der Waals surface area (Å²) in [4.78, 5) is 20.3. The predicted octanol–water partition coefficient (Wildman–Crippen LogP) is 6.27. The summed E-state index contributed by atoms with van der Waals surface area (Å²) in [5.74, 6) is -0.625. The summed E-state index contributed by atoms with van der Waals surface area (Å²) in [6.07, 6.45) is 4.71. The van der Waals surface area contributed by atoms with Crippen LogP contribution in [-0.4, -0.2) is 26.7 Å². The van der Waals surface area contributed by atoms with Gasteiger partial charge in [-0.05, 0) is 47.4 Å². The predicted molar refractivity (Wildman–Crippen MR) is 140 cm³/mol. The zero-order chi connectivity index (χ0) is 24.7. The van der Waals surface area contributed by atoms with Crippen molar-refractivity contribution in [1.82, 2.24) is 14.3 Å². The van der Waals surface area contributed by atoms with E-state index in [-0.39, 0.29) is 24.1 Å². The SMILES string of the molecule is O=C(CC(c1cccc(F)c1)c1cnc2ccccn12)N(CCc1ccccc1)Cc1ccccc1. The molecule has 5 aromatic rings. The lowest BCUT2D eigenvalue weighted by molar-refractivity contribution is -0.132. The van der Waals surface area contributed by atoms with E-state index in [1.807, 2.05) is 88.3 Å². The molecule has 2 heterocycles. The average Bonchev–Trinajstić information content (AvgIpc) is 3.34. The quantitative estimate of drug-likeness (QED) is 0.251. The minimum atomic E-state index is -0.333. The Morgan fingerprint density at radius 3 is 2.33 bits per heavy atom. The molecule has 4 nitrogen and oxygen atoms in total. The fourth-order valence-electron chi connectivity index (χ4n) is 4.63. The molecule has 36 heavy (non-hydrogen) atoms. The minimum absolute atomic E-state index is 0.0231. The third kappa shape index (κ3) is 5.52. The van der Waals surface area contributed by atoms with E-state index in [1.54, 1.807) is 12.3 Å². The Morgan fingerprint density at radius 2 is 1.58 bits per heavy atom. The number of halogens is 1. The van der Waals surface area contributed by atoms with Crippen LogP contribution in [0.25, 0.3) is 5.65 Å². The molecule has 0 saturated carbocycles. The van der Waals surface area contributed by atoms with Crippen molar-refractivity contribution in [2.24, 2.45) is 0 Å². The Morgan fingerprint density at radius 1 is 0.861 bits per heavy atom. The lowest BCUT2D eigenvalue weighted by Crippen LogP contribution is -2.33. The number of rotatable bonds is 9. The summed E-state index contributed by atoms with van der Waals surface area (Å²) in [6, 6.07) is 32.5. The van der Waals surface area contributed by atoms with Crippen LogP contribution in [0.15, 0.2) is 116 Å². The lowest BCUT2D eigenvalue weighted by Gasteiger charge is -2.26. The number of pyridine rings is 1. The van der Waals surface area contributed by atoms with Gasteiger partial charge in [-0.1, -0.05) is 78.9 Å². The van der Waals surface area contributed by atoms with Crippen molar-refractivity contribution >= 4 is 11.6 Å². The lowest BCUT2D eigenvalue weighted by atomic mass is 9.91. The van der Waals surface area contributed by atoms with Gasteiger partial charge in [-0.15, -0.1) is 0 Å². The van der Waals surface area contributed by atoms with Gasteiger partial charge in [-0.2, -0.15) is 0 Å². The Hall–Kier alpha value is -4.25. The Labute approximate surface area is 210 Å². The molecular formula is C31H28FN3O. The molecule has 0 N–H and O–H groups in total. The van der Waals surface area contributed by atoms with Gasteiger partial charge < -0.3 is 9.30 Å². The van der Waals surface area contributed by atoms with E-state index in [0.717, 1.165) is 28.9 Å². The summed E-state index contributed by atoms with van der Waals surface area (Å²) >= 11 is 0. The third-order valence-corrected chi connectivity index (χ3v) is 6.51. The van der Waals surface area contributed by atoms with E-state index in [4.69, 9.17) is 0 Å². The van der Waals surface area contributed by atoms with Crippen molar-refractivity contribution in [3.63, 3.8) is 0 Å². The summed E-state index contributed by atoms with van der Waals surface area (Å²) in [7, 11) is 0. The Balaban J connectivity index is 1.46. The van der Waals surface area contributed by atoms with E-state index in [9.17, 15) is 9.18 Å². The highest BCUT2D eigenvalue weighted by Gasteiger charge is 2.25. The van der Waals surface area contributed by atoms with Gasteiger partial charge in [0.15, 0.2) is 0 Å². The first-order valence-corrected chi connectivity index (χ1v) is 12.2. The normalized spacial score (nSPS) is 11.9. The van der Waals surface area contributed by atoms with Crippen LogP contribution in [0.4, 0.5) is 4.39 Å². The van der Waals surface area contributed by atoms with Gasteiger partial charge in [0.05, 0.1) is 5.69 Å². The topological polar surface area (TPSA) is 37.6 Å². The van der Waals surface area contributed by atoms with Crippen molar-refractivity contribution < 1.29 is 9.18 Å². The molecule has 1 unspecified atom stereocenters. The standard InChI is InChI=1S/C31H28FN3O/c32-27-15-9-14-26(20-27)28(29-22-33-30-16-7-8-18-35(29)30)21-31(36)34(23-25-12-5-2-6-13-25)19-17-24-10-3-1-4-11-24/h1-16,18,20,22,28H,17,19,21,23H2. The van der Waals surface area contributed by atoms with E-state index in [2.05, 4.69) is 17.1 Å². The highest BCUT2D eigenvalue weighted by atomic mass is 19.1. The van der Waals surface area contributed by atoms with Gasteiger partial charge in [-0.25, -0.2) is 9.37 Å². The van der Waals surface area contributed by atoms with E-state index in [1.165, 1.54) is 17.7 Å². The van der Waals surface area contributed by atoms with E-state index < -0.39 is 0 Å². The van der Waals surface area contributed by atoms with Crippen molar-refractivity contribution in [2.75, 3.05) is 6.54 Å². The summed E-state index contributed by atoms with van der Waals surface area (Å²) < 4.78 is 16.2. The number of nitrogens with zero attached hydrogens (tertiary/aromatic N) is 3. The number of carbonyl (C=O) groups excluding carboxylic acids is 1. The number of aromatic nitrogens is 2. The van der Waals surface area contributed by atoms with Crippen LogP contribution < -0.4 is 0 Å². The molecule has 0 aliphatic heterocycles. The molecule has 5 rings (SSSR count). The molecular weight excluding hydrogens is 449 g/mol. The van der Waals surface area contributed by atoms with Gasteiger partial charge in [0.1, 0.15) is 11.5 Å². The molecule has 0 saturated heterocycles. The van der Waals surface area contributed by atoms with Gasteiger partial charge in [-0.3, -0.25) is 4.79 Å². The van der Waals surface area contributed by atoms with Crippen molar-refractivity contribution in [3.8, 4) is 0 Å². The number of fused-ring (bicyclic) bond motifs is 1. The zero-order valence-corrected chi connectivity index (χ0v) is 20.0. The van der Waals surface area contributed by atoms with Crippen molar-refractivity contribution in [3.05, 3.63) is 144 Å². The number of benzene rings is 3. The van der Waals surface area contributed by atoms with Crippen LogP contribution in [-0.2, 0) is 17.8 Å². The van der Waals surface area contributed by atoms with Gasteiger partial charge in [0.25, 0.3) is 0 Å². The monoisotopic (exact) mass is 477 g/mol. The third-order valence-electron chi connectivity index (χ3n) is 6.51. The number of hydrogen-bond donors (Lipinski definition) is 0. The molecule has 1 atom stereocenters. The van der Waals surface area contributed by atoms with Gasteiger partial charge >= 0.3 is 0 Å². The number of hydrogen-bond acceptors (Lipinski definition) is 2. The Kier molecular flexibility index (Phi) is 7.17. The first-order valence-electron chi connectivity index (χ1n) is 12.2. The van der Waals surface area contributed by atoms with Gasteiger partial charge in [0.2, 0.25) is 5.91 Å². The van der Waals surface area contributed by atoms with Crippen LogP contribution in [0.2, 0.25) is 0 Å². The van der Waals surface area contributed by atoms with Crippen molar-refractivity contribution in [1.29, 1.82) is 0 Å². The fraction of sp³-hybridized carbons (Fsp3) is 0.161. The first kappa shape index (κ1) is 23.5. The molecule has 0 radical (unpaired) electrons. The summed E-state index contributed by atoms with van der Waals surface area (Å²) in [5.41, 5.74) is 4.69. The van der Waals surface area contributed by atoms with E-state index >= 15 is 0 Å². The molecule has 5 heteroatoms. The molecule has 0 spiro atoms. The maximum absolute atomic E-state index is 14.3. The summed E-state index contributed by atoms with van der Waals surface area (Å²) in [5, 5.41) is 0. The van der Waals surface area contributed by atoms with Crippen molar-refractivity contribution in [2.45, 2.75) is 25.3 Å². The minimum Gasteiger partial charge on any atom is -0.338 e. The number of imidazole rings is 1. The maximum atomic E-state index is 14.3. The maximum Gasteiger partial charge on any atom is 0.223 e. The number of carbonyl (C=O) groups is 1. The fourth-order valence-corrected chi connectivity index (χ4v) is 4.63. The second-order valence-electron chi connectivity index (χ2n) is 8.96. The molecule has 0 aliphatic carbocycles. The second kappa shape index (κ2) is 11.0. The highest BCUT2D eigenvalue weighted by Crippen LogP contribution is 2.30. The van der Waals surface area contributed by atoms with Crippen LogP contribution in [0.5, 0.6) is 0 Å². The smallest absolute Gasteiger partial charge is 0.223 e. The molecule has 1 amide bonds. The highest BCUT2D eigenvalue weighted by molar-refractivity contribution is 5.78. The van der Waals surface area contributed by atoms with Crippen LogP contribution in [0.1, 0.15) is 34.7 Å². The molecule has 0 bridgehead atoms. The van der Waals surface area contributed by atoms with Gasteiger partial charge in [0, 0.05) is 37.8 Å². The molecule has 180 valence electrons. The van der Waals surface area contributed by atoms with E-state index in [0.29, 0.717) is 13.1 Å². The number of amides is 1. The molecule has 0 aliphatic rings. The average molecular weight is 478 g/mol. The molecule has 0 fully saturated rings. The van der Waals surface area contributed by atoms with Crippen LogP contribution in [0, 0.1) is 5.82 Å². The van der Waals surface area contributed by atoms with Crippen LogP contribution >= 0.6 is 0 Å².